The van der Waals surface area contributed by atoms with Crippen LogP contribution in [0.25, 0.3) is 0 Å². The lowest BCUT2D eigenvalue weighted by molar-refractivity contribution is 0.409. The largest absolute Gasteiger partial charge is 0.236 e. The van der Waals surface area contributed by atoms with E-state index in [1.54, 1.807) is 0 Å². The van der Waals surface area contributed by atoms with Crippen LogP contribution in [0.5, 0.6) is 0 Å². The molecule has 0 aliphatic carbocycles. The molecule has 0 aromatic heterocycles. The van der Waals surface area contributed by atoms with Gasteiger partial charge in [0.05, 0.1) is 0 Å². The first-order valence-corrected chi connectivity index (χ1v) is 4.54. The van der Waals surface area contributed by atoms with E-state index in [1.165, 1.54) is 5.54 Å². The lowest BCUT2D eigenvalue weighted by Gasteiger charge is -2.18. The molecule has 10 heavy (non-hydrogen) atoms. The predicted molar refractivity (Wildman–Crippen MR) is 50.4 cm³/mol. The summed E-state index contributed by atoms with van der Waals surface area (Å²) < 4.78 is 2.08. The van der Waals surface area contributed by atoms with E-state index in [2.05, 4.69) is 33.9 Å². The van der Waals surface area contributed by atoms with Gasteiger partial charge in [0, 0.05) is 34.3 Å². The predicted octanol–water partition coefficient (Wildman–Crippen LogP) is 3.15. The summed E-state index contributed by atoms with van der Waals surface area (Å²) in [6.45, 7) is 5.18. The molecule has 0 aliphatic heterocycles. The van der Waals surface area contributed by atoms with Gasteiger partial charge in [-0.25, -0.2) is 3.93 Å². The summed E-state index contributed by atoms with van der Waals surface area (Å²) in [6, 6.07) is 0.563. The van der Waals surface area contributed by atoms with Crippen molar-refractivity contribution in [1.29, 1.82) is 0 Å². The van der Waals surface area contributed by atoms with Crippen molar-refractivity contribution >= 4 is 27.7 Å². The molecule has 0 saturated carbocycles. The third-order valence-electron chi connectivity index (χ3n) is 1.44. The van der Waals surface area contributed by atoms with Crippen LogP contribution in [0.1, 0.15) is 20.3 Å². The summed E-state index contributed by atoms with van der Waals surface area (Å²) in [4.78, 5) is 0. The highest BCUT2D eigenvalue weighted by atomic mass is 79.9. The molecule has 0 saturated heterocycles. The molecular formula is C7H13BrClN. The Morgan fingerprint density at radius 2 is 2.30 bits per heavy atom. The smallest absolute Gasteiger partial charge is 0.0287 e. The molecule has 0 bridgehead atoms. The maximum absolute atomic E-state index is 5.37. The average Bonchev–Trinajstić information content (AvgIpc) is 1.98. The molecule has 0 N–H and O–H groups in total. The van der Waals surface area contributed by atoms with E-state index in [1.807, 2.05) is 6.08 Å². The molecule has 0 aromatic rings. The van der Waals surface area contributed by atoms with Crippen LogP contribution in [-0.4, -0.2) is 16.5 Å². The summed E-state index contributed by atoms with van der Waals surface area (Å²) in [5, 5.41) is 0. The van der Waals surface area contributed by atoms with Crippen LogP contribution in [0, 0.1) is 0 Å². The lowest BCUT2D eigenvalue weighted by atomic mass is 10.3. The number of halogens is 2. The van der Waals surface area contributed by atoms with Gasteiger partial charge in [-0.1, -0.05) is 24.6 Å². The van der Waals surface area contributed by atoms with Crippen molar-refractivity contribution in [3.8, 4) is 0 Å². The molecule has 1 unspecified atom stereocenters. The molecule has 0 heterocycles. The number of hydrogen-bond donors (Lipinski definition) is 0. The van der Waals surface area contributed by atoms with Crippen molar-refractivity contribution in [3.63, 3.8) is 0 Å². The molecule has 0 fully saturated rings. The number of nitrogens with zero attached hydrogens (tertiary/aromatic N) is 1. The maximum Gasteiger partial charge on any atom is 0.0287 e. The highest BCUT2D eigenvalue weighted by molar-refractivity contribution is 9.07. The van der Waals surface area contributed by atoms with Crippen LogP contribution in [-0.2, 0) is 0 Å². The molecule has 0 spiro atoms. The van der Waals surface area contributed by atoms with Gasteiger partial charge in [-0.15, -0.1) is 0 Å². The molecule has 0 rings (SSSR count). The fourth-order valence-electron chi connectivity index (χ4n) is 0.519. The Morgan fingerprint density at radius 1 is 1.70 bits per heavy atom. The minimum Gasteiger partial charge on any atom is -0.236 e. The molecule has 60 valence electrons. The summed E-state index contributed by atoms with van der Waals surface area (Å²) in [5.74, 6) is 0. The van der Waals surface area contributed by atoms with E-state index < -0.39 is 0 Å². The van der Waals surface area contributed by atoms with Crippen LogP contribution >= 0.6 is 27.7 Å². The van der Waals surface area contributed by atoms with Crippen molar-refractivity contribution in [2.45, 2.75) is 26.3 Å². The van der Waals surface area contributed by atoms with Crippen LogP contribution < -0.4 is 0 Å². The van der Waals surface area contributed by atoms with Crippen molar-refractivity contribution in [2.24, 2.45) is 0 Å². The van der Waals surface area contributed by atoms with Crippen molar-refractivity contribution in [1.82, 2.24) is 3.93 Å². The second-order valence-corrected chi connectivity index (χ2v) is 3.36. The monoisotopic (exact) mass is 225 g/mol. The second kappa shape index (κ2) is 6.20. The molecular weight excluding hydrogens is 213 g/mol. The zero-order valence-electron chi connectivity index (χ0n) is 6.35. The van der Waals surface area contributed by atoms with Gasteiger partial charge in [-0.05, 0) is 13.3 Å². The van der Waals surface area contributed by atoms with Gasteiger partial charge in [0.15, 0.2) is 0 Å². The molecule has 3 heteroatoms. The highest BCUT2D eigenvalue weighted by Gasteiger charge is 2.04. The van der Waals surface area contributed by atoms with E-state index in [0.29, 0.717) is 6.04 Å². The third-order valence-corrected chi connectivity index (χ3v) is 2.60. The SMILES string of the molecule is CCC(C)N(Br)CC=CCl. The average molecular weight is 227 g/mol. The van der Waals surface area contributed by atoms with Gasteiger partial charge in [0.1, 0.15) is 0 Å². The normalized spacial score (nSPS) is 14.9. The van der Waals surface area contributed by atoms with Crippen LogP contribution in [0.3, 0.4) is 0 Å². The minimum absolute atomic E-state index is 0.563. The summed E-state index contributed by atoms with van der Waals surface area (Å²) in [5.41, 5.74) is 1.54. The fourth-order valence-corrected chi connectivity index (χ4v) is 1.06. The van der Waals surface area contributed by atoms with Crippen LogP contribution in [0.15, 0.2) is 11.6 Å². The molecule has 1 atom stereocenters. The fraction of sp³-hybridized carbons (Fsp3) is 0.714. The lowest BCUT2D eigenvalue weighted by Crippen LogP contribution is -2.22. The standard InChI is InChI=1S/C7H13BrClN/c1-3-7(2)10(8)6-4-5-9/h4-5,7H,3,6H2,1-2H3. The van der Waals surface area contributed by atoms with E-state index in [0.717, 1.165) is 13.0 Å². The number of rotatable bonds is 4. The first-order chi connectivity index (χ1) is 4.72. The van der Waals surface area contributed by atoms with E-state index in [-0.39, 0.29) is 0 Å². The van der Waals surface area contributed by atoms with Gasteiger partial charge in [0.2, 0.25) is 0 Å². The zero-order chi connectivity index (χ0) is 7.98. The van der Waals surface area contributed by atoms with Crippen molar-refractivity contribution < 1.29 is 0 Å². The van der Waals surface area contributed by atoms with E-state index in [9.17, 15) is 0 Å². The zero-order valence-corrected chi connectivity index (χ0v) is 8.69. The Hall–Kier alpha value is 0.470. The molecule has 0 radical (unpaired) electrons. The van der Waals surface area contributed by atoms with Gasteiger partial charge < -0.3 is 0 Å². The van der Waals surface area contributed by atoms with Gasteiger partial charge in [-0.3, -0.25) is 0 Å². The Morgan fingerprint density at radius 3 is 2.70 bits per heavy atom. The third kappa shape index (κ3) is 4.31. The Balaban J connectivity index is 3.50. The van der Waals surface area contributed by atoms with E-state index >= 15 is 0 Å². The summed E-state index contributed by atoms with van der Waals surface area (Å²) >= 11 is 8.79. The molecule has 1 nitrogen and oxygen atoms in total. The Kier molecular flexibility index (Phi) is 6.49. The quantitative estimate of drug-likeness (QED) is 0.666. The first-order valence-electron chi connectivity index (χ1n) is 3.40. The van der Waals surface area contributed by atoms with Crippen molar-refractivity contribution in [3.05, 3.63) is 11.6 Å². The maximum atomic E-state index is 5.37. The van der Waals surface area contributed by atoms with Gasteiger partial charge >= 0.3 is 0 Å². The van der Waals surface area contributed by atoms with Crippen molar-refractivity contribution in [2.75, 3.05) is 6.54 Å². The van der Waals surface area contributed by atoms with Crippen LogP contribution in [0.2, 0.25) is 0 Å². The highest BCUT2D eigenvalue weighted by Crippen LogP contribution is 2.08. The number of hydrogen-bond acceptors (Lipinski definition) is 1. The van der Waals surface area contributed by atoms with Gasteiger partial charge in [0.25, 0.3) is 0 Å². The second-order valence-electron chi connectivity index (χ2n) is 2.20. The molecule has 0 amide bonds. The van der Waals surface area contributed by atoms with Gasteiger partial charge in [-0.2, -0.15) is 0 Å². The first kappa shape index (κ1) is 10.5. The Bertz CT molecular complexity index is 106. The summed E-state index contributed by atoms with van der Waals surface area (Å²) in [7, 11) is 0. The van der Waals surface area contributed by atoms with E-state index in [4.69, 9.17) is 11.6 Å². The van der Waals surface area contributed by atoms with Crippen LogP contribution in [0.4, 0.5) is 0 Å². The summed E-state index contributed by atoms with van der Waals surface area (Å²) in [6.07, 6.45) is 3.05. The molecule has 0 aromatic carbocycles. The minimum atomic E-state index is 0.563. The topological polar surface area (TPSA) is 3.24 Å². The Labute approximate surface area is 76.4 Å². The molecule has 0 aliphatic rings.